The van der Waals surface area contributed by atoms with Gasteiger partial charge in [-0.25, -0.2) is 4.98 Å². The Kier molecular flexibility index (Phi) is 5.97. The molecule has 0 fully saturated rings. The molecule has 89 valence electrons. The van der Waals surface area contributed by atoms with Crippen molar-refractivity contribution >= 4 is 28.7 Å². The molecule has 18 heavy (non-hydrogen) atoms. The molecule has 0 unspecified atom stereocenters. The monoisotopic (exact) mass is 364 g/mol. The third kappa shape index (κ3) is 2.99. The predicted octanol–water partition coefficient (Wildman–Crippen LogP) is 4.98. The fourth-order valence-corrected chi connectivity index (χ4v) is 1.81. The number of rotatable bonds is 3. The largest absolute Gasteiger partial charge is 0.698 e. The van der Waals surface area contributed by atoms with E-state index in [1.807, 2.05) is 36.4 Å². The SMILES string of the molecule is C=Cc1c(/C=C\CC)nc2ccccc2c1[NH-].[Pr]. The summed E-state index contributed by atoms with van der Waals surface area (Å²) in [5.41, 5.74) is 11.2. The zero-order valence-corrected chi connectivity index (χ0v) is 14.2. The van der Waals surface area contributed by atoms with Crippen molar-refractivity contribution in [2.24, 2.45) is 0 Å². The van der Waals surface area contributed by atoms with Gasteiger partial charge in [-0.2, -0.15) is 0 Å². The van der Waals surface area contributed by atoms with E-state index in [-0.39, 0.29) is 41.3 Å². The Balaban J connectivity index is 0.00000162. The van der Waals surface area contributed by atoms with Gasteiger partial charge >= 0.3 is 0 Å². The summed E-state index contributed by atoms with van der Waals surface area (Å²) in [6.07, 6.45) is 6.67. The Hall–Kier alpha value is -0.726. The molecule has 3 heteroatoms. The van der Waals surface area contributed by atoms with Gasteiger partial charge in [0.25, 0.3) is 0 Å². The van der Waals surface area contributed by atoms with Crippen LogP contribution in [0.3, 0.4) is 0 Å². The van der Waals surface area contributed by atoms with Gasteiger partial charge in [-0.05, 0) is 29.5 Å². The number of hydrogen-bond donors (Lipinski definition) is 0. The number of nitrogens with one attached hydrogen (secondary N) is 1. The van der Waals surface area contributed by atoms with Crippen molar-refractivity contribution in [1.82, 2.24) is 4.98 Å². The molecule has 1 aromatic carbocycles. The number of allylic oxidation sites excluding steroid dienone is 1. The van der Waals surface area contributed by atoms with Crippen molar-refractivity contribution in [2.45, 2.75) is 13.3 Å². The molecule has 0 amide bonds. The van der Waals surface area contributed by atoms with E-state index in [0.29, 0.717) is 5.69 Å². The van der Waals surface area contributed by atoms with Gasteiger partial charge in [0.05, 0.1) is 11.2 Å². The van der Waals surface area contributed by atoms with Crippen molar-refractivity contribution in [3.8, 4) is 0 Å². The van der Waals surface area contributed by atoms with Crippen LogP contribution >= 0.6 is 0 Å². The maximum Gasteiger partial charge on any atom is 0.0697 e. The molecule has 0 bridgehead atoms. The van der Waals surface area contributed by atoms with E-state index in [4.69, 9.17) is 5.73 Å². The van der Waals surface area contributed by atoms with Crippen LogP contribution in [-0.2, 0) is 0 Å². The topological polar surface area (TPSA) is 36.7 Å². The quantitative estimate of drug-likeness (QED) is 0.756. The van der Waals surface area contributed by atoms with Gasteiger partial charge in [-0.1, -0.05) is 43.9 Å². The van der Waals surface area contributed by atoms with Crippen LogP contribution < -0.4 is 0 Å². The van der Waals surface area contributed by atoms with Gasteiger partial charge in [0.15, 0.2) is 0 Å². The average molecular weight is 364 g/mol. The second-order valence-corrected chi connectivity index (χ2v) is 3.82. The molecule has 0 aliphatic rings. The van der Waals surface area contributed by atoms with Crippen molar-refractivity contribution in [3.05, 3.63) is 53.9 Å². The van der Waals surface area contributed by atoms with Gasteiger partial charge in [0.1, 0.15) is 0 Å². The minimum absolute atomic E-state index is 0. The summed E-state index contributed by atoms with van der Waals surface area (Å²) in [5.74, 6) is 0. The second kappa shape index (κ2) is 7.01. The van der Waals surface area contributed by atoms with E-state index in [2.05, 4.69) is 18.5 Å². The third-order valence-corrected chi connectivity index (χ3v) is 2.68. The Morgan fingerprint density at radius 2 is 2.06 bits per heavy atom. The number of nitrogens with zero attached hydrogens (tertiary/aromatic N) is 1. The molecule has 1 radical (unpaired) electrons. The smallest absolute Gasteiger partial charge is 0.0697 e. The van der Waals surface area contributed by atoms with E-state index >= 15 is 0 Å². The predicted molar refractivity (Wildman–Crippen MR) is 75.1 cm³/mol. The van der Waals surface area contributed by atoms with Crippen molar-refractivity contribution in [2.75, 3.05) is 0 Å². The van der Waals surface area contributed by atoms with Crippen molar-refractivity contribution in [3.63, 3.8) is 0 Å². The molecule has 2 rings (SSSR count). The number of pyridine rings is 1. The Bertz CT molecular complexity index is 588. The molecule has 2 nitrogen and oxygen atoms in total. The maximum absolute atomic E-state index is 8.17. The number of fused-ring (bicyclic) bond motifs is 1. The van der Waals surface area contributed by atoms with Crippen molar-refractivity contribution < 1.29 is 41.3 Å². The second-order valence-electron chi connectivity index (χ2n) is 3.82. The minimum Gasteiger partial charge on any atom is -0.698 e. The molecular weight excluding hydrogens is 349 g/mol. The van der Waals surface area contributed by atoms with Crippen molar-refractivity contribution in [1.29, 1.82) is 0 Å². The van der Waals surface area contributed by atoms with E-state index in [0.717, 1.165) is 28.6 Å². The standard InChI is InChI=1S/C15H15N2.Pr/c1-3-5-9-13-11(4-2)15(16)12-8-6-7-10-14(12)17-13;/h4-10H,2-3H2,1H3,(H-,16,17);/q-1;/b9-5-;. The van der Waals surface area contributed by atoms with E-state index in [9.17, 15) is 0 Å². The summed E-state index contributed by atoms with van der Waals surface area (Å²) in [6, 6.07) is 7.72. The first kappa shape index (κ1) is 15.3. The van der Waals surface area contributed by atoms with Gasteiger partial charge < -0.3 is 5.73 Å². The molecule has 0 spiro atoms. The summed E-state index contributed by atoms with van der Waals surface area (Å²) < 4.78 is 0. The normalized spacial score (nSPS) is 10.5. The summed E-state index contributed by atoms with van der Waals surface area (Å²) in [6.45, 7) is 5.85. The zero-order valence-electron chi connectivity index (χ0n) is 10.5. The first-order valence-electron chi connectivity index (χ1n) is 5.71. The number of aromatic nitrogens is 1. The van der Waals surface area contributed by atoms with Crippen LogP contribution in [-0.4, -0.2) is 4.98 Å². The van der Waals surface area contributed by atoms with Crippen LogP contribution in [0, 0.1) is 41.3 Å². The Labute approximate surface area is 141 Å². The van der Waals surface area contributed by atoms with Gasteiger partial charge in [0, 0.05) is 41.3 Å². The molecule has 0 saturated heterocycles. The van der Waals surface area contributed by atoms with Gasteiger partial charge in [0.2, 0.25) is 0 Å². The molecule has 0 saturated carbocycles. The van der Waals surface area contributed by atoms with Crippen LogP contribution in [0.25, 0.3) is 28.8 Å². The molecule has 2 aromatic rings. The fraction of sp³-hybridized carbons (Fsp3) is 0.133. The van der Waals surface area contributed by atoms with Crippen LogP contribution in [0.1, 0.15) is 24.6 Å². The molecule has 0 aliphatic heterocycles. The number of para-hydroxylation sites is 1. The molecule has 0 atom stereocenters. The number of benzene rings is 1. The van der Waals surface area contributed by atoms with E-state index in [1.165, 1.54) is 0 Å². The third-order valence-electron chi connectivity index (χ3n) is 2.68. The molecule has 1 aromatic heterocycles. The summed E-state index contributed by atoms with van der Waals surface area (Å²) in [7, 11) is 0. The minimum atomic E-state index is 0. The molecule has 1 heterocycles. The van der Waals surface area contributed by atoms with E-state index in [1.54, 1.807) is 6.08 Å². The Morgan fingerprint density at radius 3 is 2.72 bits per heavy atom. The molecular formula is C15H15N2Pr-. The molecule has 1 N–H and O–H groups in total. The maximum atomic E-state index is 8.17. The first-order valence-corrected chi connectivity index (χ1v) is 5.71. The van der Waals surface area contributed by atoms with Crippen LogP contribution in [0.5, 0.6) is 0 Å². The fourth-order valence-electron chi connectivity index (χ4n) is 1.81. The summed E-state index contributed by atoms with van der Waals surface area (Å²) in [5, 5.41) is 0.871. The first-order chi connectivity index (χ1) is 8.27. The van der Waals surface area contributed by atoms with Gasteiger partial charge in [-0.15, -0.1) is 5.69 Å². The Morgan fingerprint density at radius 1 is 1.33 bits per heavy atom. The number of hydrogen-bond acceptors (Lipinski definition) is 1. The van der Waals surface area contributed by atoms with Gasteiger partial charge in [-0.3, -0.25) is 0 Å². The van der Waals surface area contributed by atoms with E-state index < -0.39 is 0 Å². The van der Waals surface area contributed by atoms with Crippen LogP contribution in [0.15, 0.2) is 36.9 Å². The average Bonchev–Trinajstić information content (AvgIpc) is 2.36. The molecule has 0 aliphatic carbocycles. The zero-order chi connectivity index (χ0) is 12.3. The summed E-state index contributed by atoms with van der Waals surface area (Å²) >= 11 is 0. The van der Waals surface area contributed by atoms with Crippen LogP contribution in [0.4, 0.5) is 5.69 Å². The van der Waals surface area contributed by atoms with Crippen LogP contribution in [0.2, 0.25) is 0 Å². The summed E-state index contributed by atoms with van der Waals surface area (Å²) in [4.78, 5) is 4.57.